The van der Waals surface area contributed by atoms with E-state index in [1.807, 2.05) is 0 Å². The Hall–Kier alpha value is -2.37. The van der Waals surface area contributed by atoms with Gasteiger partial charge in [0.2, 0.25) is 0 Å². The third-order valence-electron chi connectivity index (χ3n) is 5.03. The van der Waals surface area contributed by atoms with Crippen LogP contribution in [0.25, 0.3) is 16.7 Å². The molecule has 0 aliphatic carbocycles. The molecule has 2 heterocycles. The Balaban J connectivity index is 1.80. The molecule has 0 unspecified atom stereocenters. The van der Waals surface area contributed by atoms with Crippen molar-refractivity contribution in [3.8, 4) is 11.1 Å². The highest BCUT2D eigenvalue weighted by atomic mass is 35.5. The number of benzene rings is 2. The standard InChI is InChI=1S/C20H17ClFNO3/c21-16-6-3-13(12-1-4-14(22)5-2-12)11-15(16)17-18(24)20(23-19(17)25)7-9-26-10-8-20/h1-6,11,24H,7-10H2,(H,23,25). The van der Waals surface area contributed by atoms with Crippen molar-refractivity contribution in [2.24, 2.45) is 0 Å². The van der Waals surface area contributed by atoms with Crippen LogP contribution in [-0.4, -0.2) is 29.8 Å². The molecule has 2 aromatic rings. The molecule has 0 bridgehead atoms. The molecule has 6 heteroatoms. The molecule has 0 radical (unpaired) electrons. The molecule has 134 valence electrons. The monoisotopic (exact) mass is 373 g/mol. The molecule has 0 saturated carbocycles. The van der Waals surface area contributed by atoms with E-state index in [2.05, 4.69) is 5.32 Å². The Morgan fingerprint density at radius 2 is 1.73 bits per heavy atom. The Morgan fingerprint density at radius 1 is 1.08 bits per heavy atom. The molecule has 2 aliphatic heterocycles. The van der Waals surface area contributed by atoms with E-state index in [9.17, 15) is 14.3 Å². The summed E-state index contributed by atoms with van der Waals surface area (Å²) in [5.74, 6) is -0.647. The quantitative estimate of drug-likeness (QED) is 0.833. The van der Waals surface area contributed by atoms with E-state index in [-0.39, 0.29) is 23.1 Å². The summed E-state index contributed by atoms with van der Waals surface area (Å²) in [6.45, 7) is 0.946. The molecule has 2 aromatic carbocycles. The maximum absolute atomic E-state index is 13.2. The maximum Gasteiger partial charge on any atom is 0.256 e. The largest absolute Gasteiger partial charge is 0.509 e. The van der Waals surface area contributed by atoms with E-state index in [1.54, 1.807) is 30.3 Å². The Kier molecular flexibility index (Phi) is 4.21. The number of rotatable bonds is 2. The van der Waals surface area contributed by atoms with Crippen molar-refractivity contribution >= 4 is 23.1 Å². The van der Waals surface area contributed by atoms with Crippen molar-refractivity contribution in [3.63, 3.8) is 0 Å². The van der Waals surface area contributed by atoms with Crippen molar-refractivity contribution in [3.05, 3.63) is 64.6 Å². The summed E-state index contributed by atoms with van der Waals surface area (Å²) in [6, 6.07) is 11.3. The van der Waals surface area contributed by atoms with Crippen molar-refractivity contribution in [1.82, 2.24) is 5.32 Å². The first kappa shape index (κ1) is 17.1. The SMILES string of the molecule is O=C1NC2(CCOCC2)C(O)=C1c1cc(-c2ccc(F)cc2)ccc1Cl. The highest BCUT2D eigenvalue weighted by Gasteiger charge is 2.47. The first-order valence-electron chi connectivity index (χ1n) is 8.40. The lowest BCUT2D eigenvalue weighted by molar-refractivity contribution is -0.117. The van der Waals surface area contributed by atoms with Gasteiger partial charge in [-0.1, -0.05) is 29.8 Å². The van der Waals surface area contributed by atoms with Gasteiger partial charge < -0.3 is 15.2 Å². The number of hydrogen-bond donors (Lipinski definition) is 2. The molecule has 0 atom stereocenters. The molecule has 4 nitrogen and oxygen atoms in total. The third kappa shape index (κ3) is 2.77. The second-order valence-corrected chi connectivity index (χ2v) is 6.98. The average Bonchev–Trinajstić information content (AvgIpc) is 2.87. The number of aliphatic hydroxyl groups is 1. The number of carbonyl (C=O) groups is 1. The number of halogens is 2. The van der Waals surface area contributed by atoms with Crippen LogP contribution in [0, 0.1) is 5.82 Å². The number of amides is 1. The highest BCUT2D eigenvalue weighted by molar-refractivity contribution is 6.35. The second kappa shape index (κ2) is 6.41. The Bertz CT molecular complexity index is 902. The molecule has 26 heavy (non-hydrogen) atoms. The van der Waals surface area contributed by atoms with Gasteiger partial charge in [-0.3, -0.25) is 4.79 Å². The lowest BCUT2D eigenvalue weighted by Gasteiger charge is -2.33. The van der Waals surface area contributed by atoms with Gasteiger partial charge in [0.05, 0.1) is 5.57 Å². The topological polar surface area (TPSA) is 58.6 Å². The van der Waals surface area contributed by atoms with Gasteiger partial charge in [-0.15, -0.1) is 0 Å². The summed E-state index contributed by atoms with van der Waals surface area (Å²) in [4.78, 5) is 12.6. The van der Waals surface area contributed by atoms with Gasteiger partial charge in [0.25, 0.3) is 5.91 Å². The summed E-state index contributed by atoms with van der Waals surface area (Å²) in [6.07, 6.45) is 1.03. The normalized spacial score (nSPS) is 19.1. The maximum atomic E-state index is 13.2. The molecule has 1 fully saturated rings. The average molecular weight is 374 g/mol. The zero-order valence-corrected chi connectivity index (χ0v) is 14.6. The zero-order chi connectivity index (χ0) is 18.3. The van der Waals surface area contributed by atoms with Crippen LogP contribution in [0.1, 0.15) is 18.4 Å². The minimum Gasteiger partial charge on any atom is -0.509 e. The minimum atomic E-state index is -0.778. The van der Waals surface area contributed by atoms with Gasteiger partial charge in [0, 0.05) is 36.6 Å². The van der Waals surface area contributed by atoms with Crippen molar-refractivity contribution in [2.45, 2.75) is 18.4 Å². The molecule has 4 rings (SSSR count). The molecule has 1 saturated heterocycles. The molecule has 2 aliphatic rings. The highest BCUT2D eigenvalue weighted by Crippen LogP contribution is 2.40. The van der Waals surface area contributed by atoms with E-state index in [0.29, 0.717) is 36.6 Å². The van der Waals surface area contributed by atoms with Gasteiger partial charge in [-0.2, -0.15) is 0 Å². The van der Waals surface area contributed by atoms with E-state index >= 15 is 0 Å². The lowest BCUT2D eigenvalue weighted by atomic mass is 9.87. The number of aliphatic hydroxyl groups excluding tert-OH is 1. The summed E-state index contributed by atoms with van der Waals surface area (Å²) in [5, 5.41) is 14.1. The lowest BCUT2D eigenvalue weighted by Crippen LogP contribution is -2.48. The summed E-state index contributed by atoms with van der Waals surface area (Å²) in [7, 11) is 0. The molecule has 2 N–H and O–H groups in total. The van der Waals surface area contributed by atoms with Crippen LogP contribution in [-0.2, 0) is 9.53 Å². The Labute approximate surface area is 155 Å². The fourth-order valence-corrected chi connectivity index (χ4v) is 3.77. The molecular weight excluding hydrogens is 357 g/mol. The first-order valence-corrected chi connectivity index (χ1v) is 8.78. The fourth-order valence-electron chi connectivity index (χ4n) is 3.56. The number of hydrogen-bond acceptors (Lipinski definition) is 3. The number of carbonyl (C=O) groups excluding carboxylic acids is 1. The van der Waals surface area contributed by atoms with Gasteiger partial charge in [-0.05, 0) is 35.4 Å². The van der Waals surface area contributed by atoms with Crippen molar-refractivity contribution in [1.29, 1.82) is 0 Å². The minimum absolute atomic E-state index is 0.0176. The van der Waals surface area contributed by atoms with E-state index < -0.39 is 5.54 Å². The summed E-state index contributed by atoms with van der Waals surface area (Å²) >= 11 is 6.34. The van der Waals surface area contributed by atoms with Gasteiger partial charge >= 0.3 is 0 Å². The molecular formula is C20H17ClFNO3. The van der Waals surface area contributed by atoms with Crippen LogP contribution >= 0.6 is 11.6 Å². The van der Waals surface area contributed by atoms with Crippen molar-refractivity contribution in [2.75, 3.05) is 13.2 Å². The van der Waals surface area contributed by atoms with Crippen LogP contribution in [0.2, 0.25) is 5.02 Å². The molecule has 1 spiro atoms. The molecule has 1 amide bonds. The zero-order valence-electron chi connectivity index (χ0n) is 13.9. The molecule has 0 aromatic heterocycles. The Morgan fingerprint density at radius 3 is 2.42 bits per heavy atom. The van der Waals surface area contributed by atoms with Crippen LogP contribution < -0.4 is 5.32 Å². The predicted octanol–water partition coefficient (Wildman–Crippen LogP) is 4.09. The van der Waals surface area contributed by atoms with E-state index in [1.165, 1.54) is 12.1 Å². The van der Waals surface area contributed by atoms with Crippen LogP contribution in [0.5, 0.6) is 0 Å². The predicted molar refractivity (Wildman–Crippen MR) is 97.3 cm³/mol. The van der Waals surface area contributed by atoms with Gasteiger partial charge in [0.15, 0.2) is 0 Å². The van der Waals surface area contributed by atoms with Crippen LogP contribution in [0.3, 0.4) is 0 Å². The summed E-state index contributed by atoms with van der Waals surface area (Å²) in [5.41, 5.74) is 1.46. The van der Waals surface area contributed by atoms with Gasteiger partial charge in [0.1, 0.15) is 17.1 Å². The fraction of sp³-hybridized carbons (Fsp3) is 0.250. The van der Waals surface area contributed by atoms with Crippen LogP contribution in [0.4, 0.5) is 4.39 Å². The smallest absolute Gasteiger partial charge is 0.256 e. The van der Waals surface area contributed by atoms with E-state index in [4.69, 9.17) is 16.3 Å². The van der Waals surface area contributed by atoms with Crippen LogP contribution in [0.15, 0.2) is 48.2 Å². The number of ether oxygens (including phenoxy) is 1. The van der Waals surface area contributed by atoms with Gasteiger partial charge in [-0.25, -0.2) is 4.39 Å². The first-order chi connectivity index (χ1) is 12.5. The van der Waals surface area contributed by atoms with Crippen molar-refractivity contribution < 1.29 is 19.0 Å². The third-order valence-corrected chi connectivity index (χ3v) is 5.36. The van der Waals surface area contributed by atoms with E-state index in [0.717, 1.165) is 11.1 Å². The second-order valence-electron chi connectivity index (χ2n) is 6.57. The summed E-state index contributed by atoms with van der Waals surface area (Å²) < 4.78 is 18.5. The number of nitrogens with one attached hydrogen (secondary N) is 1.